The van der Waals surface area contributed by atoms with E-state index in [0.29, 0.717) is 0 Å². The number of ether oxygens (including phenoxy) is 1. The number of hydrogen-bond donors (Lipinski definition) is 1. The lowest BCUT2D eigenvalue weighted by Crippen LogP contribution is -2.33. The highest BCUT2D eigenvalue weighted by molar-refractivity contribution is 7.89. The number of nitrogens with zero attached hydrogens (tertiary/aromatic N) is 1. The van der Waals surface area contributed by atoms with E-state index in [1.54, 1.807) is 6.92 Å². The highest BCUT2D eigenvalue weighted by Crippen LogP contribution is 2.19. The first-order chi connectivity index (χ1) is 8.78. The summed E-state index contributed by atoms with van der Waals surface area (Å²) in [6.07, 6.45) is 0. The van der Waals surface area contributed by atoms with Gasteiger partial charge in [0.15, 0.2) is 0 Å². The summed E-state index contributed by atoms with van der Waals surface area (Å²) in [4.78, 5) is 11.1. The molecule has 0 saturated carbocycles. The number of hydrogen-bond acceptors (Lipinski definition) is 5. The van der Waals surface area contributed by atoms with Gasteiger partial charge in [-0.15, -0.1) is 0 Å². The number of benzene rings is 1. The minimum atomic E-state index is -3.91. The number of anilines is 1. The molecule has 0 unspecified atom stereocenters. The Bertz CT molecular complexity index is 574. The molecule has 0 aliphatic rings. The monoisotopic (exact) mass is 290 g/mol. The predicted octanol–water partition coefficient (Wildman–Crippen LogP) is 0.592. The predicted molar refractivity (Wildman–Crippen MR) is 67.3 cm³/mol. The largest absolute Gasteiger partial charge is 0.465 e. The molecule has 0 saturated heterocycles. The van der Waals surface area contributed by atoms with Crippen molar-refractivity contribution in [2.24, 2.45) is 0 Å². The quantitative estimate of drug-likeness (QED) is 0.633. The zero-order valence-electron chi connectivity index (χ0n) is 10.6. The van der Waals surface area contributed by atoms with Crippen molar-refractivity contribution in [3.63, 3.8) is 0 Å². The van der Waals surface area contributed by atoms with Crippen LogP contribution in [-0.4, -0.2) is 38.9 Å². The summed E-state index contributed by atoms with van der Waals surface area (Å²) in [6, 6.07) is 3.05. The molecule has 8 heteroatoms. The standard InChI is InChI=1S/C11H15FN2O4S/c1-3-18-11(15)7-14(2)19(16,17)8-4-5-9(12)10(13)6-8/h4-6H,3,7,13H2,1-2H3. The van der Waals surface area contributed by atoms with Crippen LogP contribution in [0.25, 0.3) is 0 Å². The van der Waals surface area contributed by atoms with Gasteiger partial charge in [0.2, 0.25) is 10.0 Å². The van der Waals surface area contributed by atoms with Crippen molar-refractivity contribution in [3.05, 3.63) is 24.0 Å². The Morgan fingerprint density at radius 2 is 2.11 bits per heavy atom. The molecule has 19 heavy (non-hydrogen) atoms. The molecule has 0 amide bonds. The van der Waals surface area contributed by atoms with Crippen LogP contribution in [0.2, 0.25) is 0 Å². The van der Waals surface area contributed by atoms with Gasteiger partial charge in [0, 0.05) is 7.05 Å². The number of carbonyl (C=O) groups is 1. The van der Waals surface area contributed by atoms with Gasteiger partial charge in [-0.2, -0.15) is 4.31 Å². The molecule has 0 spiro atoms. The number of nitrogen functional groups attached to an aromatic ring is 1. The lowest BCUT2D eigenvalue weighted by atomic mass is 10.3. The van der Waals surface area contributed by atoms with Gasteiger partial charge in [-0.25, -0.2) is 12.8 Å². The average Bonchev–Trinajstić information content (AvgIpc) is 2.32. The molecule has 0 bridgehead atoms. The van der Waals surface area contributed by atoms with Gasteiger partial charge in [-0.05, 0) is 25.1 Å². The Morgan fingerprint density at radius 3 is 2.63 bits per heavy atom. The van der Waals surface area contributed by atoms with Gasteiger partial charge in [-0.3, -0.25) is 4.79 Å². The van der Waals surface area contributed by atoms with Crippen molar-refractivity contribution in [1.29, 1.82) is 0 Å². The summed E-state index contributed by atoms with van der Waals surface area (Å²) >= 11 is 0. The summed E-state index contributed by atoms with van der Waals surface area (Å²) in [5.74, 6) is -1.37. The van der Waals surface area contributed by atoms with Crippen LogP contribution < -0.4 is 5.73 Å². The number of likely N-dealkylation sites (N-methyl/N-ethyl adjacent to an activating group) is 1. The van der Waals surface area contributed by atoms with Crippen molar-refractivity contribution >= 4 is 21.7 Å². The van der Waals surface area contributed by atoms with Crippen molar-refractivity contribution in [2.75, 3.05) is 25.9 Å². The van der Waals surface area contributed by atoms with E-state index in [1.807, 2.05) is 0 Å². The molecule has 6 nitrogen and oxygen atoms in total. The van der Waals surface area contributed by atoms with Gasteiger partial charge < -0.3 is 10.5 Å². The molecule has 0 atom stereocenters. The third kappa shape index (κ3) is 3.65. The zero-order chi connectivity index (χ0) is 14.6. The molecule has 1 aromatic rings. The van der Waals surface area contributed by atoms with Crippen molar-refractivity contribution in [1.82, 2.24) is 4.31 Å². The molecular formula is C11H15FN2O4S. The Morgan fingerprint density at radius 1 is 1.47 bits per heavy atom. The number of carbonyl (C=O) groups excluding carboxylic acids is 1. The number of rotatable bonds is 5. The molecule has 106 valence electrons. The van der Waals surface area contributed by atoms with Crippen LogP contribution in [0.3, 0.4) is 0 Å². The third-order valence-corrected chi connectivity index (χ3v) is 4.13. The second kappa shape index (κ2) is 5.98. The minimum absolute atomic E-state index is 0.163. The van der Waals surface area contributed by atoms with Gasteiger partial charge in [0.1, 0.15) is 12.4 Å². The Balaban J connectivity index is 2.96. The Labute approximate surface area is 111 Å². The molecule has 0 heterocycles. The first-order valence-corrected chi connectivity index (χ1v) is 6.90. The summed E-state index contributed by atoms with van der Waals surface area (Å²) in [5, 5.41) is 0. The van der Waals surface area contributed by atoms with E-state index in [-0.39, 0.29) is 17.2 Å². The fourth-order valence-corrected chi connectivity index (χ4v) is 2.49. The van der Waals surface area contributed by atoms with Crippen LogP contribution in [-0.2, 0) is 19.6 Å². The van der Waals surface area contributed by atoms with Gasteiger partial charge >= 0.3 is 5.97 Å². The Kier molecular flexibility index (Phi) is 4.84. The van der Waals surface area contributed by atoms with E-state index in [1.165, 1.54) is 7.05 Å². The molecule has 0 radical (unpaired) electrons. The van der Waals surface area contributed by atoms with Gasteiger partial charge in [-0.1, -0.05) is 0 Å². The van der Waals surface area contributed by atoms with E-state index in [0.717, 1.165) is 22.5 Å². The van der Waals surface area contributed by atoms with Crippen LogP contribution in [0, 0.1) is 5.82 Å². The first-order valence-electron chi connectivity index (χ1n) is 5.46. The van der Waals surface area contributed by atoms with Crippen LogP contribution in [0.15, 0.2) is 23.1 Å². The molecular weight excluding hydrogens is 275 g/mol. The van der Waals surface area contributed by atoms with E-state index in [4.69, 9.17) is 5.73 Å². The average molecular weight is 290 g/mol. The molecule has 0 aliphatic heterocycles. The second-order valence-corrected chi connectivity index (χ2v) is 5.79. The summed E-state index contributed by atoms with van der Waals surface area (Å²) in [6.45, 7) is 1.36. The highest BCUT2D eigenvalue weighted by Gasteiger charge is 2.24. The maximum absolute atomic E-state index is 13.0. The second-order valence-electron chi connectivity index (χ2n) is 3.75. The zero-order valence-corrected chi connectivity index (χ0v) is 11.4. The van der Waals surface area contributed by atoms with E-state index < -0.39 is 28.4 Å². The smallest absolute Gasteiger partial charge is 0.321 e. The number of esters is 1. The number of sulfonamides is 1. The van der Waals surface area contributed by atoms with Gasteiger partial charge in [0.25, 0.3) is 0 Å². The van der Waals surface area contributed by atoms with Crippen molar-refractivity contribution in [3.8, 4) is 0 Å². The van der Waals surface area contributed by atoms with Crippen LogP contribution in [0.5, 0.6) is 0 Å². The number of nitrogens with two attached hydrogens (primary N) is 1. The third-order valence-electron chi connectivity index (χ3n) is 2.33. The molecule has 2 N–H and O–H groups in total. The van der Waals surface area contributed by atoms with E-state index >= 15 is 0 Å². The molecule has 1 rings (SSSR count). The summed E-state index contributed by atoms with van der Waals surface area (Å²) < 4.78 is 42.6. The summed E-state index contributed by atoms with van der Waals surface area (Å²) in [7, 11) is -2.68. The fourth-order valence-electron chi connectivity index (χ4n) is 1.34. The molecule has 0 aromatic heterocycles. The lowest BCUT2D eigenvalue weighted by molar-refractivity contribution is -0.143. The first kappa shape index (κ1) is 15.4. The lowest BCUT2D eigenvalue weighted by Gasteiger charge is -2.16. The minimum Gasteiger partial charge on any atom is -0.465 e. The summed E-state index contributed by atoms with van der Waals surface area (Å²) in [5.41, 5.74) is 5.04. The maximum Gasteiger partial charge on any atom is 0.321 e. The SMILES string of the molecule is CCOC(=O)CN(C)S(=O)(=O)c1ccc(F)c(N)c1. The fraction of sp³-hybridized carbons (Fsp3) is 0.364. The maximum atomic E-state index is 13.0. The molecule has 1 aromatic carbocycles. The van der Waals surface area contributed by atoms with Crippen LogP contribution in [0.4, 0.5) is 10.1 Å². The topological polar surface area (TPSA) is 89.7 Å². The van der Waals surface area contributed by atoms with Gasteiger partial charge in [0.05, 0.1) is 17.2 Å². The van der Waals surface area contributed by atoms with Crippen molar-refractivity contribution < 1.29 is 22.3 Å². The van der Waals surface area contributed by atoms with Crippen LogP contribution in [0.1, 0.15) is 6.92 Å². The van der Waals surface area contributed by atoms with Crippen LogP contribution >= 0.6 is 0 Å². The molecule has 0 fully saturated rings. The van der Waals surface area contributed by atoms with E-state index in [2.05, 4.69) is 4.74 Å². The Hall–Kier alpha value is -1.67. The highest BCUT2D eigenvalue weighted by atomic mass is 32.2. The number of halogens is 1. The van der Waals surface area contributed by atoms with Crippen molar-refractivity contribution in [2.45, 2.75) is 11.8 Å². The molecule has 0 aliphatic carbocycles. The van der Waals surface area contributed by atoms with E-state index in [9.17, 15) is 17.6 Å². The normalized spacial score (nSPS) is 11.6.